The van der Waals surface area contributed by atoms with Crippen LogP contribution in [0.5, 0.6) is 0 Å². The molecule has 0 radical (unpaired) electrons. The highest BCUT2D eigenvalue weighted by Crippen LogP contribution is 2.28. The average Bonchev–Trinajstić information content (AvgIpc) is 3.04. The van der Waals surface area contributed by atoms with Crippen molar-refractivity contribution >= 4 is 23.5 Å². The Morgan fingerprint density at radius 2 is 1.49 bits per heavy atom. The van der Waals surface area contributed by atoms with E-state index in [9.17, 15) is 24.6 Å². The number of amides is 1. The topological polar surface area (TPSA) is 109 Å². The van der Waals surface area contributed by atoms with E-state index in [1.54, 1.807) is 6.07 Å². The van der Waals surface area contributed by atoms with E-state index in [4.69, 9.17) is 0 Å². The van der Waals surface area contributed by atoms with Crippen LogP contribution in [-0.4, -0.2) is 32.6 Å². The van der Waals surface area contributed by atoms with Gasteiger partial charge in [-0.2, -0.15) is 0 Å². The van der Waals surface area contributed by atoms with Gasteiger partial charge < -0.3 is 20.1 Å². The molecule has 0 bridgehead atoms. The van der Waals surface area contributed by atoms with Crippen molar-refractivity contribution < 1.29 is 24.6 Å². The first-order valence-corrected chi connectivity index (χ1v) is 12.1. The van der Waals surface area contributed by atoms with Gasteiger partial charge in [-0.05, 0) is 42.2 Å². The number of aromatic carboxylic acids is 2. The van der Waals surface area contributed by atoms with E-state index in [1.165, 1.54) is 37.8 Å². The number of benzene rings is 2. The molecule has 1 saturated carbocycles. The van der Waals surface area contributed by atoms with Gasteiger partial charge in [0.2, 0.25) is 0 Å². The lowest BCUT2D eigenvalue weighted by atomic mass is 9.93. The molecule has 0 saturated heterocycles. The van der Waals surface area contributed by atoms with Crippen LogP contribution in [0.15, 0.2) is 60.8 Å². The number of nitrogens with one attached hydrogen (secondary N) is 1. The van der Waals surface area contributed by atoms with Gasteiger partial charge in [0.25, 0.3) is 5.91 Å². The van der Waals surface area contributed by atoms with E-state index in [0.29, 0.717) is 18.0 Å². The molecular formula is C28H30N2O5. The summed E-state index contributed by atoms with van der Waals surface area (Å²) in [6, 6.07) is 15.5. The van der Waals surface area contributed by atoms with Crippen molar-refractivity contribution in [3.05, 3.63) is 88.7 Å². The van der Waals surface area contributed by atoms with Gasteiger partial charge in [0.05, 0.1) is 16.7 Å². The Morgan fingerprint density at radius 1 is 0.857 bits per heavy atom. The van der Waals surface area contributed by atoms with Crippen LogP contribution >= 0.6 is 0 Å². The molecule has 0 atom stereocenters. The number of aromatic nitrogens is 1. The average molecular weight is 475 g/mol. The third-order valence-electron chi connectivity index (χ3n) is 6.66. The summed E-state index contributed by atoms with van der Waals surface area (Å²) in [4.78, 5) is 36.3. The highest BCUT2D eigenvalue weighted by atomic mass is 16.4. The Hall–Kier alpha value is -3.87. The molecule has 1 heterocycles. The number of carboxylic acids is 2. The SMILES string of the molecule is O=C(O)c1cc(NC(=O)c2ccn(Cc3ccccc3)c2CC2CCCCCC2)cc(C(=O)O)c1. The van der Waals surface area contributed by atoms with Crippen molar-refractivity contribution in [1.29, 1.82) is 0 Å². The van der Waals surface area contributed by atoms with E-state index in [1.807, 2.05) is 24.4 Å². The van der Waals surface area contributed by atoms with Crippen LogP contribution in [0.1, 0.15) is 80.9 Å². The molecule has 1 fully saturated rings. The molecule has 3 aromatic rings. The van der Waals surface area contributed by atoms with Crippen molar-refractivity contribution in [2.24, 2.45) is 5.92 Å². The Morgan fingerprint density at radius 3 is 2.09 bits per heavy atom. The molecule has 1 aliphatic rings. The lowest BCUT2D eigenvalue weighted by Crippen LogP contribution is -2.18. The van der Waals surface area contributed by atoms with E-state index < -0.39 is 11.9 Å². The van der Waals surface area contributed by atoms with Crippen molar-refractivity contribution in [1.82, 2.24) is 4.57 Å². The summed E-state index contributed by atoms with van der Waals surface area (Å²) >= 11 is 0. The number of carbonyl (C=O) groups excluding carboxylic acids is 1. The van der Waals surface area contributed by atoms with Crippen LogP contribution in [0.25, 0.3) is 0 Å². The summed E-state index contributed by atoms with van der Waals surface area (Å²) in [6.45, 7) is 0.647. The molecule has 0 unspecified atom stereocenters. The lowest BCUT2D eigenvalue weighted by molar-refractivity contribution is 0.0696. The standard InChI is InChI=1S/C28H30N2O5/c31-26(29-23-16-21(27(32)33)15-22(17-23)28(34)35)24-12-13-30(18-20-10-6-3-7-11-20)25(24)14-19-8-4-1-2-5-9-19/h3,6-7,10-13,15-17,19H,1-2,4-5,8-9,14,18H2,(H,29,31)(H,32,33)(H,34,35). The largest absolute Gasteiger partial charge is 0.478 e. The molecule has 4 rings (SSSR count). The van der Waals surface area contributed by atoms with Gasteiger partial charge in [0, 0.05) is 24.1 Å². The van der Waals surface area contributed by atoms with Gasteiger partial charge >= 0.3 is 11.9 Å². The summed E-state index contributed by atoms with van der Waals surface area (Å²) in [5.41, 5.74) is 2.37. The quantitative estimate of drug-likeness (QED) is 0.363. The Balaban J connectivity index is 1.64. The first-order valence-electron chi connectivity index (χ1n) is 12.1. The number of rotatable bonds is 8. The number of hydrogen-bond acceptors (Lipinski definition) is 3. The fourth-order valence-electron chi connectivity index (χ4n) is 4.85. The normalized spacial score (nSPS) is 14.3. The van der Waals surface area contributed by atoms with E-state index in [-0.39, 0.29) is 22.7 Å². The maximum absolute atomic E-state index is 13.4. The second kappa shape index (κ2) is 11.0. The predicted octanol–water partition coefficient (Wildman–Crippen LogP) is 5.70. The zero-order valence-corrected chi connectivity index (χ0v) is 19.6. The van der Waals surface area contributed by atoms with Gasteiger partial charge in [-0.1, -0.05) is 68.9 Å². The second-order valence-corrected chi connectivity index (χ2v) is 9.21. The number of nitrogens with zero attached hydrogens (tertiary/aromatic N) is 1. The van der Waals surface area contributed by atoms with Crippen LogP contribution in [0.2, 0.25) is 0 Å². The Bertz CT molecular complexity index is 1180. The summed E-state index contributed by atoms with van der Waals surface area (Å²) in [5, 5.41) is 21.4. The highest BCUT2D eigenvalue weighted by Gasteiger charge is 2.22. The maximum atomic E-state index is 13.4. The summed E-state index contributed by atoms with van der Waals surface area (Å²) in [7, 11) is 0. The minimum atomic E-state index is -1.26. The minimum absolute atomic E-state index is 0.142. The Labute approximate surface area is 204 Å². The van der Waals surface area contributed by atoms with Crippen LogP contribution < -0.4 is 5.32 Å². The zero-order chi connectivity index (χ0) is 24.8. The number of hydrogen-bond donors (Lipinski definition) is 3. The molecule has 7 nitrogen and oxygen atoms in total. The molecule has 0 spiro atoms. The van der Waals surface area contributed by atoms with Crippen molar-refractivity contribution in [3.8, 4) is 0 Å². The zero-order valence-electron chi connectivity index (χ0n) is 19.6. The monoisotopic (exact) mass is 474 g/mol. The maximum Gasteiger partial charge on any atom is 0.335 e. The molecule has 1 amide bonds. The highest BCUT2D eigenvalue weighted by molar-refractivity contribution is 6.06. The van der Waals surface area contributed by atoms with Crippen molar-refractivity contribution in [2.45, 2.75) is 51.5 Å². The summed E-state index contributed by atoms with van der Waals surface area (Å²) < 4.78 is 2.12. The lowest BCUT2D eigenvalue weighted by Gasteiger charge is -2.18. The Kier molecular flexibility index (Phi) is 7.65. The van der Waals surface area contributed by atoms with Crippen LogP contribution in [0.3, 0.4) is 0 Å². The summed E-state index contributed by atoms with van der Waals surface area (Å²) in [5.74, 6) is -2.39. The van der Waals surface area contributed by atoms with Gasteiger partial charge in [0.15, 0.2) is 0 Å². The van der Waals surface area contributed by atoms with Gasteiger partial charge in [-0.25, -0.2) is 9.59 Å². The van der Waals surface area contributed by atoms with Gasteiger partial charge in [-0.15, -0.1) is 0 Å². The van der Waals surface area contributed by atoms with Crippen molar-refractivity contribution in [3.63, 3.8) is 0 Å². The molecule has 2 aromatic carbocycles. The number of carbonyl (C=O) groups is 3. The van der Waals surface area contributed by atoms with Gasteiger partial charge in [-0.3, -0.25) is 4.79 Å². The molecule has 0 aliphatic heterocycles. The second-order valence-electron chi connectivity index (χ2n) is 9.21. The first kappa shape index (κ1) is 24.3. The fraction of sp³-hybridized carbons (Fsp3) is 0.321. The first-order chi connectivity index (χ1) is 16.9. The predicted molar refractivity (Wildman–Crippen MR) is 133 cm³/mol. The van der Waals surface area contributed by atoms with Crippen LogP contribution in [-0.2, 0) is 13.0 Å². The minimum Gasteiger partial charge on any atom is -0.478 e. The van der Waals surface area contributed by atoms with E-state index in [2.05, 4.69) is 22.0 Å². The van der Waals surface area contributed by atoms with Crippen molar-refractivity contribution in [2.75, 3.05) is 5.32 Å². The number of carboxylic acid groups (broad SMARTS) is 2. The molecule has 3 N–H and O–H groups in total. The molecule has 35 heavy (non-hydrogen) atoms. The molecule has 1 aromatic heterocycles. The molecule has 182 valence electrons. The van der Waals surface area contributed by atoms with Crippen LogP contribution in [0.4, 0.5) is 5.69 Å². The van der Waals surface area contributed by atoms with Crippen LogP contribution in [0, 0.1) is 5.92 Å². The van der Waals surface area contributed by atoms with E-state index in [0.717, 1.165) is 36.6 Å². The third-order valence-corrected chi connectivity index (χ3v) is 6.66. The smallest absolute Gasteiger partial charge is 0.335 e. The summed E-state index contributed by atoms with van der Waals surface area (Å²) in [6.07, 6.45) is 9.89. The molecule has 1 aliphatic carbocycles. The third kappa shape index (κ3) is 6.18. The van der Waals surface area contributed by atoms with Gasteiger partial charge in [0.1, 0.15) is 0 Å². The fourth-order valence-corrected chi connectivity index (χ4v) is 4.85. The molecule has 7 heteroatoms. The number of anilines is 1. The molecular weight excluding hydrogens is 444 g/mol. The van der Waals surface area contributed by atoms with E-state index >= 15 is 0 Å².